The topological polar surface area (TPSA) is 32.3 Å². The number of hydrogen-bond donors (Lipinski definition) is 2. The molecule has 4 unspecified atom stereocenters. The molecule has 0 saturated carbocycles. The van der Waals surface area contributed by atoms with Gasteiger partial charge in [0.2, 0.25) is 0 Å². The van der Waals surface area contributed by atoms with Crippen LogP contribution in [-0.2, 0) is 10.8 Å². The van der Waals surface area contributed by atoms with E-state index in [2.05, 4.69) is 145 Å². The summed E-state index contributed by atoms with van der Waals surface area (Å²) in [7, 11) is 0. The van der Waals surface area contributed by atoms with Gasteiger partial charge in [-0.1, -0.05) is 137 Å². The molecule has 5 rings (SSSR count). The number of aliphatic hydroxyl groups excluding tert-OH is 1. The van der Waals surface area contributed by atoms with Gasteiger partial charge >= 0.3 is 0 Å². The van der Waals surface area contributed by atoms with Gasteiger partial charge in [0.1, 0.15) is 0 Å². The number of aryl methyl sites for hydroxylation is 2. The van der Waals surface area contributed by atoms with Gasteiger partial charge in [0.25, 0.3) is 0 Å². The maximum atomic E-state index is 10.5. The van der Waals surface area contributed by atoms with Crippen molar-refractivity contribution in [3.8, 4) is 0 Å². The minimum atomic E-state index is -0.276. The van der Waals surface area contributed by atoms with E-state index < -0.39 is 0 Å². The highest BCUT2D eigenvalue weighted by molar-refractivity contribution is 5.45. The summed E-state index contributed by atoms with van der Waals surface area (Å²) in [5, 5.41) is 14.1. The number of allylic oxidation sites excluding steroid dienone is 4. The van der Waals surface area contributed by atoms with Gasteiger partial charge in [-0.2, -0.15) is 0 Å². The highest BCUT2D eigenvalue weighted by atomic mass is 16.3. The summed E-state index contributed by atoms with van der Waals surface area (Å²) >= 11 is 0. The molecule has 1 aliphatic carbocycles. The summed E-state index contributed by atoms with van der Waals surface area (Å²) in [4.78, 5) is 0. The van der Waals surface area contributed by atoms with Crippen molar-refractivity contribution in [1.29, 1.82) is 0 Å². The van der Waals surface area contributed by atoms with Gasteiger partial charge in [-0.05, 0) is 59.9 Å². The predicted molar refractivity (Wildman–Crippen MR) is 169 cm³/mol. The van der Waals surface area contributed by atoms with E-state index in [-0.39, 0.29) is 23.0 Å². The molecule has 40 heavy (non-hydrogen) atoms. The molecule has 1 saturated heterocycles. The van der Waals surface area contributed by atoms with Gasteiger partial charge in [0.05, 0.1) is 6.10 Å². The number of aliphatic hydroxyl groups is 1. The maximum Gasteiger partial charge on any atom is 0.0679 e. The van der Waals surface area contributed by atoms with Gasteiger partial charge in [0.15, 0.2) is 0 Å². The molecular weight excluding hydrogens is 486 g/mol. The Bertz CT molecular complexity index is 1360. The largest absolute Gasteiger partial charge is 0.392 e. The second-order valence-corrected chi connectivity index (χ2v) is 13.5. The van der Waals surface area contributed by atoms with Crippen LogP contribution in [0.3, 0.4) is 0 Å². The van der Waals surface area contributed by atoms with Crippen LogP contribution in [0.5, 0.6) is 0 Å². The van der Waals surface area contributed by atoms with Crippen LogP contribution in [0, 0.1) is 25.7 Å². The normalized spacial score (nSPS) is 24.1. The maximum absolute atomic E-state index is 10.5. The van der Waals surface area contributed by atoms with E-state index in [1.165, 1.54) is 39.0 Å². The molecule has 1 fully saturated rings. The molecule has 1 aliphatic heterocycles. The summed E-state index contributed by atoms with van der Waals surface area (Å²) in [5.41, 5.74) is 9.21. The van der Waals surface area contributed by atoms with Crippen molar-refractivity contribution >= 4 is 0 Å². The van der Waals surface area contributed by atoms with Crippen LogP contribution >= 0.6 is 0 Å². The molecule has 210 valence electrons. The first-order chi connectivity index (χ1) is 19.0. The van der Waals surface area contributed by atoms with Gasteiger partial charge in [0, 0.05) is 29.3 Å². The van der Waals surface area contributed by atoms with Crippen molar-refractivity contribution in [2.75, 3.05) is 6.54 Å². The molecule has 0 bridgehead atoms. The average Bonchev–Trinajstić information content (AvgIpc) is 3.36. The van der Waals surface area contributed by atoms with E-state index in [0.717, 1.165) is 6.42 Å². The summed E-state index contributed by atoms with van der Waals surface area (Å²) in [6.45, 7) is 16.6. The average molecular weight is 534 g/mol. The third kappa shape index (κ3) is 5.62. The van der Waals surface area contributed by atoms with Crippen LogP contribution in [0.2, 0.25) is 0 Å². The van der Waals surface area contributed by atoms with E-state index >= 15 is 0 Å². The second kappa shape index (κ2) is 11.1. The number of benzene rings is 3. The molecule has 0 aromatic heterocycles. The van der Waals surface area contributed by atoms with Crippen molar-refractivity contribution in [1.82, 2.24) is 5.32 Å². The second-order valence-electron chi connectivity index (χ2n) is 13.5. The van der Waals surface area contributed by atoms with Gasteiger partial charge < -0.3 is 10.4 Å². The Labute approximate surface area is 242 Å². The standard InChI is InChI=1S/C38H47NO/c1-25-8-14-29(15-9-25)37(4,5)31-18-12-28(13-19-31)36(35-23-33(40)24-39-35)34-21-20-32(22-27(34)3)38(6,7)30-16-10-26(2)11-17-30/h8-22,27,33-36,39-40H,23-24H2,1-7H3/t27?,33-,34?,35?,36?/m1/s1. The molecule has 2 heteroatoms. The Morgan fingerprint density at radius 2 is 1.25 bits per heavy atom. The minimum Gasteiger partial charge on any atom is -0.392 e. The zero-order valence-electron chi connectivity index (χ0n) is 25.4. The van der Waals surface area contributed by atoms with E-state index in [1.54, 1.807) is 0 Å². The van der Waals surface area contributed by atoms with E-state index in [9.17, 15) is 5.11 Å². The number of hydrogen-bond acceptors (Lipinski definition) is 2. The van der Waals surface area contributed by atoms with Crippen molar-refractivity contribution in [2.24, 2.45) is 11.8 Å². The molecule has 0 amide bonds. The number of β-amino-alcohol motifs (C(OH)–C–C–N with tert-alkyl or cyclic N) is 1. The van der Waals surface area contributed by atoms with Crippen LogP contribution < -0.4 is 5.32 Å². The van der Waals surface area contributed by atoms with Crippen LogP contribution in [0.15, 0.2) is 96.6 Å². The fraction of sp³-hybridized carbons (Fsp3) is 0.421. The van der Waals surface area contributed by atoms with Gasteiger partial charge in [-0.15, -0.1) is 0 Å². The van der Waals surface area contributed by atoms with E-state index in [1.807, 2.05) is 0 Å². The molecule has 2 aliphatic rings. The summed E-state index contributed by atoms with van der Waals surface area (Å²) in [6, 6.07) is 27.5. The summed E-state index contributed by atoms with van der Waals surface area (Å²) in [5.74, 6) is 1.04. The first-order valence-corrected chi connectivity index (χ1v) is 15.0. The first-order valence-electron chi connectivity index (χ1n) is 15.0. The predicted octanol–water partition coefficient (Wildman–Crippen LogP) is 8.16. The molecule has 3 aromatic carbocycles. The fourth-order valence-electron chi connectivity index (χ4n) is 6.84. The molecule has 2 N–H and O–H groups in total. The Balaban J connectivity index is 1.43. The summed E-state index contributed by atoms with van der Waals surface area (Å²) < 4.78 is 0. The zero-order valence-corrected chi connectivity index (χ0v) is 25.4. The van der Waals surface area contributed by atoms with Gasteiger partial charge in [-0.25, -0.2) is 0 Å². The lowest BCUT2D eigenvalue weighted by atomic mass is 9.67. The lowest BCUT2D eigenvalue weighted by molar-refractivity contribution is 0.189. The number of nitrogens with one attached hydrogen (secondary N) is 1. The molecule has 5 atom stereocenters. The Kier molecular flexibility index (Phi) is 7.97. The zero-order chi connectivity index (χ0) is 28.7. The van der Waals surface area contributed by atoms with Crippen LogP contribution in [-0.4, -0.2) is 23.8 Å². The lowest BCUT2D eigenvalue weighted by Gasteiger charge is -2.38. The molecule has 0 spiro atoms. The Morgan fingerprint density at radius 3 is 1.73 bits per heavy atom. The third-order valence-corrected chi connectivity index (χ3v) is 9.82. The van der Waals surface area contributed by atoms with Crippen molar-refractivity contribution < 1.29 is 5.11 Å². The summed E-state index contributed by atoms with van der Waals surface area (Å²) in [6.07, 6.45) is 7.85. The van der Waals surface area contributed by atoms with Crippen molar-refractivity contribution in [3.63, 3.8) is 0 Å². The Hall–Kier alpha value is -2.94. The minimum absolute atomic E-state index is 0.0516. The van der Waals surface area contributed by atoms with E-state index in [4.69, 9.17) is 0 Å². The highest BCUT2D eigenvalue weighted by Gasteiger charge is 2.38. The molecule has 0 radical (unpaired) electrons. The fourth-order valence-corrected chi connectivity index (χ4v) is 6.84. The Morgan fingerprint density at radius 1 is 0.750 bits per heavy atom. The SMILES string of the molecule is Cc1ccc(C(C)(C)C2=CC(C)C(C(c3ccc(C(C)(C)c4ccc(C)cc4)cc3)C3C[C@@H](O)CN3)C=C2)cc1. The molecular formula is C38H47NO. The number of rotatable bonds is 7. The third-order valence-electron chi connectivity index (χ3n) is 9.82. The molecule has 2 nitrogen and oxygen atoms in total. The molecule has 1 heterocycles. The molecule has 3 aromatic rings. The monoisotopic (exact) mass is 533 g/mol. The quantitative estimate of drug-likeness (QED) is 0.321. The van der Waals surface area contributed by atoms with Crippen molar-refractivity contribution in [2.45, 2.75) is 83.8 Å². The first kappa shape index (κ1) is 28.6. The highest BCUT2D eigenvalue weighted by Crippen LogP contribution is 2.44. The van der Waals surface area contributed by atoms with Crippen LogP contribution in [0.4, 0.5) is 0 Å². The van der Waals surface area contributed by atoms with Crippen molar-refractivity contribution in [3.05, 3.63) is 130 Å². The van der Waals surface area contributed by atoms with Crippen LogP contribution in [0.25, 0.3) is 0 Å². The van der Waals surface area contributed by atoms with Gasteiger partial charge in [-0.3, -0.25) is 0 Å². The van der Waals surface area contributed by atoms with E-state index in [0.29, 0.717) is 24.3 Å². The lowest BCUT2D eigenvalue weighted by Crippen LogP contribution is -2.36. The smallest absolute Gasteiger partial charge is 0.0679 e. The van der Waals surface area contributed by atoms with Crippen LogP contribution in [0.1, 0.15) is 80.3 Å².